The summed E-state index contributed by atoms with van der Waals surface area (Å²) in [5.74, 6) is -0.205. The third kappa shape index (κ3) is 3.37. The van der Waals surface area contributed by atoms with E-state index in [1.165, 1.54) is 18.4 Å². The van der Waals surface area contributed by atoms with Gasteiger partial charge in [-0.25, -0.2) is 0 Å². The Morgan fingerprint density at radius 2 is 1.56 bits per heavy atom. The van der Waals surface area contributed by atoms with Gasteiger partial charge < -0.3 is 14.9 Å². The highest BCUT2D eigenvalue weighted by atomic mass is 16.3. The van der Waals surface area contributed by atoms with Gasteiger partial charge in [0.25, 0.3) is 11.8 Å². The summed E-state index contributed by atoms with van der Waals surface area (Å²) in [6.07, 6.45) is 5.45. The highest BCUT2D eigenvalue weighted by Crippen LogP contribution is 2.38. The average Bonchev–Trinajstić information content (AvgIpc) is 3.77. The van der Waals surface area contributed by atoms with E-state index in [2.05, 4.69) is 28.0 Å². The van der Waals surface area contributed by atoms with Crippen LogP contribution in [0.1, 0.15) is 42.1 Å². The lowest BCUT2D eigenvalue weighted by atomic mass is 10.0. The van der Waals surface area contributed by atoms with E-state index in [0.29, 0.717) is 50.6 Å². The van der Waals surface area contributed by atoms with Gasteiger partial charge in [-0.15, -0.1) is 0 Å². The molecule has 32 heavy (non-hydrogen) atoms. The van der Waals surface area contributed by atoms with Crippen molar-refractivity contribution < 1.29 is 14.7 Å². The van der Waals surface area contributed by atoms with Gasteiger partial charge in [0.1, 0.15) is 5.60 Å². The van der Waals surface area contributed by atoms with Crippen molar-refractivity contribution in [2.75, 3.05) is 26.2 Å². The van der Waals surface area contributed by atoms with Crippen LogP contribution in [-0.4, -0.2) is 68.3 Å². The number of hydrogen-bond acceptors (Lipinski definition) is 4. The molecule has 3 aromatic rings. The Labute approximate surface area is 186 Å². The number of rotatable bonds is 4. The molecule has 1 aromatic heterocycles. The summed E-state index contributed by atoms with van der Waals surface area (Å²) < 4.78 is 2.12. The summed E-state index contributed by atoms with van der Waals surface area (Å²) in [5, 5.41) is 15.7. The topological polar surface area (TPSA) is 78.7 Å². The van der Waals surface area contributed by atoms with E-state index in [-0.39, 0.29) is 11.8 Å². The Morgan fingerprint density at radius 1 is 0.906 bits per heavy atom. The number of aromatic nitrogens is 2. The van der Waals surface area contributed by atoms with Crippen molar-refractivity contribution in [1.29, 1.82) is 0 Å². The zero-order valence-electron chi connectivity index (χ0n) is 17.9. The van der Waals surface area contributed by atoms with Crippen LogP contribution in [0.15, 0.2) is 48.7 Å². The van der Waals surface area contributed by atoms with Crippen LogP contribution in [-0.2, 0) is 4.79 Å². The quantitative estimate of drug-likeness (QED) is 0.690. The van der Waals surface area contributed by atoms with Crippen molar-refractivity contribution in [3.8, 4) is 11.1 Å². The number of amides is 2. The van der Waals surface area contributed by atoms with Crippen LogP contribution >= 0.6 is 0 Å². The zero-order chi connectivity index (χ0) is 21.9. The van der Waals surface area contributed by atoms with Crippen LogP contribution in [0.25, 0.3) is 22.0 Å². The third-order valence-electron chi connectivity index (χ3n) is 6.93. The summed E-state index contributed by atoms with van der Waals surface area (Å²) in [4.78, 5) is 28.7. The predicted molar refractivity (Wildman–Crippen MR) is 120 cm³/mol. The van der Waals surface area contributed by atoms with Gasteiger partial charge in [0.2, 0.25) is 0 Å². The fraction of sp³-hybridized carbons (Fsp3) is 0.400. The molecule has 164 valence electrons. The second-order valence-corrected chi connectivity index (χ2v) is 9.29. The fourth-order valence-electron chi connectivity index (χ4n) is 4.57. The molecule has 0 atom stereocenters. The second kappa shape index (κ2) is 7.17. The summed E-state index contributed by atoms with van der Waals surface area (Å²) in [6, 6.07) is 14.7. The molecule has 0 unspecified atom stereocenters. The number of aliphatic hydroxyl groups is 1. The summed E-state index contributed by atoms with van der Waals surface area (Å²) in [7, 11) is 0. The highest BCUT2D eigenvalue weighted by Gasteiger charge is 2.50. The molecule has 7 heteroatoms. The van der Waals surface area contributed by atoms with Crippen LogP contribution in [0, 0.1) is 0 Å². The minimum atomic E-state index is -1.14. The van der Waals surface area contributed by atoms with Gasteiger partial charge in [-0.1, -0.05) is 18.2 Å². The molecular weight excluding hydrogens is 404 g/mol. The van der Waals surface area contributed by atoms with Crippen molar-refractivity contribution in [1.82, 2.24) is 19.6 Å². The molecule has 0 bridgehead atoms. The summed E-state index contributed by atoms with van der Waals surface area (Å²) >= 11 is 0. The Morgan fingerprint density at radius 3 is 2.22 bits per heavy atom. The lowest BCUT2D eigenvalue weighted by molar-refractivity contribution is -0.143. The van der Waals surface area contributed by atoms with Gasteiger partial charge in [-0.3, -0.25) is 14.3 Å². The number of hydrogen-bond donors (Lipinski definition) is 1. The van der Waals surface area contributed by atoms with Crippen molar-refractivity contribution in [2.45, 2.75) is 37.3 Å². The third-order valence-corrected chi connectivity index (χ3v) is 6.93. The van der Waals surface area contributed by atoms with Crippen LogP contribution in [0.3, 0.4) is 0 Å². The van der Waals surface area contributed by atoms with Crippen molar-refractivity contribution in [3.63, 3.8) is 0 Å². The van der Waals surface area contributed by atoms with E-state index >= 15 is 0 Å². The van der Waals surface area contributed by atoms with Crippen LogP contribution < -0.4 is 0 Å². The molecule has 3 aliphatic rings. The van der Waals surface area contributed by atoms with Gasteiger partial charge in [-0.05, 0) is 61.1 Å². The maximum absolute atomic E-state index is 12.9. The lowest BCUT2D eigenvalue weighted by Gasteiger charge is -2.35. The van der Waals surface area contributed by atoms with Crippen molar-refractivity contribution in [2.24, 2.45) is 0 Å². The Balaban J connectivity index is 1.13. The molecule has 7 nitrogen and oxygen atoms in total. The molecular formula is C25H26N4O3. The number of nitrogens with zero attached hydrogens (tertiary/aromatic N) is 4. The minimum absolute atomic E-state index is 0.0186. The first-order valence-corrected chi connectivity index (χ1v) is 11.4. The zero-order valence-corrected chi connectivity index (χ0v) is 17.9. The molecule has 1 N–H and O–H groups in total. The van der Waals surface area contributed by atoms with Crippen molar-refractivity contribution >= 4 is 22.7 Å². The fourth-order valence-corrected chi connectivity index (χ4v) is 4.57. The monoisotopic (exact) mass is 430 g/mol. The number of carbonyl (C=O) groups is 2. The maximum Gasteiger partial charge on any atom is 0.254 e. The number of benzene rings is 2. The van der Waals surface area contributed by atoms with Gasteiger partial charge in [0.15, 0.2) is 0 Å². The van der Waals surface area contributed by atoms with Crippen LogP contribution in [0.2, 0.25) is 0 Å². The molecule has 2 saturated carbocycles. The smallest absolute Gasteiger partial charge is 0.254 e. The molecule has 6 rings (SSSR count). The normalized spacial score (nSPS) is 19.9. The molecule has 2 aliphatic carbocycles. The number of fused-ring (bicyclic) bond motifs is 1. The minimum Gasteiger partial charge on any atom is -0.380 e. The van der Waals surface area contributed by atoms with Gasteiger partial charge in [0, 0.05) is 37.1 Å². The van der Waals surface area contributed by atoms with Gasteiger partial charge in [-0.2, -0.15) is 5.10 Å². The number of carbonyl (C=O) groups excluding carboxylic acids is 2. The molecule has 2 aromatic carbocycles. The highest BCUT2D eigenvalue weighted by molar-refractivity contribution is 5.95. The predicted octanol–water partition coefficient (Wildman–Crippen LogP) is 2.85. The van der Waals surface area contributed by atoms with Crippen LogP contribution in [0.4, 0.5) is 0 Å². The van der Waals surface area contributed by atoms with Crippen LogP contribution in [0.5, 0.6) is 0 Å². The summed E-state index contributed by atoms with van der Waals surface area (Å²) in [6.45, 7) is 1.92. The Hall–Kier alpha value is -3.19. The lowest BCUT2D eigenvalue weighted by Crippen LogP contribution is -2.53. The van der Waals surface area contributed by atoms with E-state index < -0.39 is 5.60 Å². The molecule has 1 aliphatic heterocycles. The molecule has 0 spiro atoms. The second-order valence-electron chi connectivity index (χ2n) is 9.29. The van der Waals surface area contributed by atoms with E-state index in [4.69, 9.17) is 0 Å². The largest absolute Gasteiger partial charge is 0.380 e. The van der Waals surface area contributed by atoms with Gasteiger partial charge >= 0.3 is 0 Å². The van der Waals surface area contributed by atoms with Crippen molar-refractivity contribution in [3.05, 3.63) is 54.2 Å². The Kier molecular flexibility index (Phi) is 4.37. The first kappa shape index (κ1) is 19.5. The first-order chi connectivity index (χ1) is 15.5. The number of piperazine rings is 1. The van der Waals surface area contributed by atoms with E-state index in [1.54, 1.807) is 9.80 Å². The molecule has 3 fully saturated rings. The Bertz CT molecular complexity index is 1200. The van der Waals surface area contributed by atoms with E-state index in [1.807, 2.05) is 30.5 Å². The molecule has 2 heterocycles. The van der Waals surface area contributed by atoms with Gasteiger partial charge in [0.05, 0.1) is 17.8 Å². The molecule has 2 amide bonds. The average molecular weight is 431 g/mol. The molecule has 0 radical (unpaired) electrons. The maximum atomic E-state index is 12.9. The van der Waals surface area contributed by atoms with E-state index in [9.17, 15) is 14.7 Å². The SMILES string of the molecule is O=C(c1ccc(-c2ccc3c(cnn3C3CC3)c2)cc1)N1CCN(C(=O)C2(O)CC2)CC1. The first-order valence-electron chi connectivity index (χ1n) is 11.4. The van der Waals surface area contributed by atoms with E-state index in [0.717, 1.165) is 16.5 Å². The standard InChI is InChI=1S/C25H26N4O3/c30-23(27-11-13-28(14-12-27)24(31)25(32)9-10-25)18-3-1-17(2-4-18)19-5-8-22-20(15-19)16-26-29(22)21-6-7-21/h1-5,8,15-16,21,32H,6-7,9-14H2. The summed E-state index contributed by atoms with van der Waals surface area (Å²) in [5.41, 5.74) is 2.86. The molecule has 1 saturated heterocycles.